The molecule has 2 rings (SSSR count). The molecule has 1 N–H and O–H groups in total. The Morgan fingerprint density at radius 1 is 1.31 bits per heavy atom. The molecule has 0 unspecified atom stereocenters. The molecule has 0 aliphatic heterocycles. The summed E-state index contributed by atoms with van der Waals surface area (Å²) in [6, 6.07) is 5.48. The van der Waals surface area contributed by atoms with E-state index >= 15 is 0 Å². The van der Waals surface area contributed by atoms with E-state index in [-0.39, 0.29) is 0 Å². The van der Waals surface area contributed by atoms with Gasteiger partial charge >= 0.3 is 0 Å². The van der Waals surface area contributed by atoms with Crippen LogP contribution in [0.4, 0.5) is 5.69 Å². The molecular weight excluding hydrogens is 205 g/mol. The highest BCUT2D eigenvalue weighted by Crippen LogP contribution is 2.31. The van der Waals surface area contributed by atoms with Gasteiger partial charge in [-0.3, -0.25) is 0 Å². The third-order valence-electron chi connectivity index (χ3n) is 2.21. The maximum Gasteiger partial charge on any atom is 0.0638 e. The second-order valence-electron chi connectivity index (χ2n) is 3.45. The molecule has 0 heterocycles. The van der Waals surface area contributed by atoms with Gasteiger partial charge in [-0.25, -0.2) is 0 Å². The summed E-state index contributed by atoms with van der Waals surface area (Å²) in [6.07, 6.45) is 2.68. The average molecular weight is 216 g/mol. The van der Waals surface area contributed by atoms with Crippen LogP contribution in [-0.4, -0.2) is 6.54 Å². The van der Waals surface area contributed by atoms with Crippen LogP contribution < -0.4 is 5.32 Å². The Balaban J connectivity index is 2.03. The number of rotatable bonds is 3. The van der Waals surface area contributed by atoms with Crippen LogP contribution in [0.5, 0.6) is 0 Å². The fourth-order valence-corrected chi connectivity index (χ4v) is 1.57. The van der Waals surface area contributed by atoms with Crippen molar-refractivity contribution in [3.05, 3.63) is 28.2 Å². The van der Waals surface area contributed by atoms with E-state index in [1.807, 2.05) is 12.1 Å². The third-order valence-corrected chi connectivity index (χ3v) is 2.77. The molecule has 0 amide bonds. The predicted molar refractivity (Wildman–Crippen MR) is 57.7 cm³/mol. The van der Waals surface area contributed by atoms with E-state index in [4.69, 9.17) is 23.2 Å². The van der Waals surface area contributed by atoms with Crippen molar-refractivity contribution in [3.63, 3.8) is 0 Å². The first kappa shape index (κ1) is 9.17. The Kier molecular flexibility index (Phi) is 2.66. The minimum Gasteiger partial charge on any atom is -0.384 e. The van der Waals surface area contributed by atoms with Crippen LogP contribution in [0.1, 0.15) is 12.8 Å². The van der Waals surface area contributed by atoms with Gasteiger partial charge in [0.25, 0.3) is 0 Å². The van der Waals surface area contributed by atoms with Gasteiger partial charge in [0.05, 0.1) is 10.7 Å². The smallest absolute Gasteiger partial charge is 0.0638 e. The standard InChI is InChI=1S/C10H11Cl2N/c11-8-3-4-9(12)10(5-8)13-6-7-1-2-7/h3-5,7,13H,1-2,6H2. The van der Waals surface area contributed by atoms with Crippen LogP contribution >= 0.6 is 23.2 Å². The number of nitrogens with one attached hydrogen (secondary N) is 1. The number of halogens is 2. The molecule has 1 fully saturated rings. The van der Waals surface area contributed by atoms with Crippen molar-refractivity contribution >= 4 is 28.9 Å². The third kappa shape index (κ3) is 2.52. The lowest BCUT2D eigenvalue weighted by Gasteiger charge is -2.07. The Labute approximate surface area is 88.0 Å². The monoisotopic (exact) mass is 215 g/mol. The topological polar surface area (TPSA) is 12.0 Å². The molecular formula is C10H11Cl2N. The van der Waals surface area contributed by atoms with Gasteiger partial charge in [-0.1, -0.05) is 23.2 Å². The largest absolute Gasteiger partial charge is 0.384 e. The zero-order chi connectivity index (χ0) is 9.26. The van der Waals surface area contributed by atoms with Crippen LogP contribution in [0, 0.1) is 5.92 Å². The first-order valence-corrected chi connectivity index (χ1v) is 5.20. The lowest BCUT2D eigenvalue weighted by molar-refractivity contribution is 0.889. The van der Waals surface area contributed by atoms with Gasteiger partial charge in [0.1, 0.15) is 0 Å². The van der Waals surface area contributed by atoms with Crippen LogP contribution in [0.15, 0.2) is 18.2 Å². The van der Waals surface area contributed by atoms with Gasteiger partial charge < -0.3 is 5.32 Å². The van der Waals surface area contributed by atoms with Crippen LogP contribution in [0.2, 0.25) is 10.0 Å². The van der Waals surface area contributed by atoms with Gasteiger partial charge in [0.2, 0.25) is 0 Å². The Bertz CT molecular complexity index is 308. The molecule has 1 aromatic rings. The summed E-state index contributed by atoms with van der Waals surface area (Å²) in [5, 5.41) is 4.76. The highest BCUT2D eigenvalue weighted by atomic mass is 35.5. The van der Waals surface area contributed by atoms with Gasteiger partial charge in [-0.15, -0.1) is 0 Å². The highest BCUT2D eigenvalue weighted by molar-refractivity contribution is 6.35. The normalized spacial score (nSPS) is 15.8. The Morgan fingerprint density at radius 2 is 2.08 bits per heavy atom. The molecule has 1 aliphatic rings. The van der Waals surface area contributed by atoms with Crippen molar-refractivity contribution < 1.29 is 0 Å². The summed E-state index contributed by atoms with van der Waals surface area (Å²) in [6.45, 7) is 1.01. The SMILES string of the molecule is Clc1ccc(Cl)c(NCC2CC2)c1. The number of anilines is 1. The van der Waals surface area contributed by atoms with E-state index in [9.17, 15) is 0 Å². The van der Waals surface area contributed by atoms with Crippen LogP contribution in [0.3, 0.4) is 0 Å². The molecule has 3 heteroatoms. The molecule has 0 spiro atoms. The number of hydrogen-bond acceptors (Lipinski definition) is 1. The fourth-order valence-electron chi connectivity index (χ4n) is 1.21. The maximum atomic E-state index is 5.98. The summed E-state index contributed by atoms with van der Waals surface area (Å²) in [5.41, 5.74) is 0.945. The summed E-state index contributed by atoms with van der Waals surface area (Å²) in [5.74, 6) is 0.843. The zero-order valence-electron chi connectivity index (χ0n) is 7.19. The second kappa shape index (κ2) is 3.77. The molecule has 0 aromatic heterocycles. The number of benzene rings is 1. The first-order chi connectivity index (χ1) is 6.25. The zero-order valence-corrected chi connectivity index (χ0v) is 8.70. The molecule has 13 heavy (non-hydrogen) atoms. The van der Waals surface area contributed by atoms with E-state index in [0.717, 1.165) is 28.2 Å². The summed E-state index contributed by atoms with van der Waals surface area (Å²) < 4.78 is 0. The molecule has 1 nitrogen and oxygen atoms in total. The summed E-state index contributed by atoms with van der Waals surface area (Å²) in [4.78, 5) is 0. The minimum atomic E-state index is 0.725. The van der Waals surface area contributed by atoms with E-state index in [0.29, 0.717) is 0 Å². The Hall–Kier alpha value is -0.400. The van der Waals surface area contributed by atoms with Gasteiger partial charge in [0, 0.05) is 11.6 Å². The average Bonchev–Trinajstić information content (AvgIpc) is 2.90. The van der Waals surface area contributed by atoms with E-state index in [2.05, 4.69) is 5.32 Å². The van der Waals surface area contributed by atoms with Gasteiger partial charge in [-0.2, -0.15) is 0 Å². The van der Waals surface area contributed by atoms with Gasteiger partial charge in [0.15, 0.2) is 0 Å². The molecule has 1 aliphatic carbocycles. The van der Waals surface area contributed by atoms with Crippen molar-refractivity contribution in [1.29, 1.82) is 0 Å². The highest BCUT2D eigenvalue weighted by Gasteiger charge is 2.20. The molecule has 1 saturated carbocycles. The summed E-state index contributed by atoms with van der Waals surface area (Å²) >= 11 is 11.8. The van der Waals surface area contributed by atoms with Crippen molar-refractivity contribution in [3.8, 4) is 0 Å². The lowest BCUT2D eigenvalue weighted by Crippen LogP contribution is -2.03. The van der Waals surface area contributed by atoms with Crippen molar-refractivity contribution in [2.45, 2.75) is 12.8 Å². The molecule has 0 radical (unpaired) electrons. The fraction of sp³-hybridized carbons (Fsp3) is 0.400. The van der Waals surface area contributed by atoms with Crippen molar-refractivity contribution in [2.24, 2.45) is 5.92 Å². The molecule has 0 atom stereocenters. The molecule has 0 saturated heterocycles. The maximum absolute atomic E-state index is 5.98. The summed E-state index contributed by atoms with van der Waals surface area (Å²) in [7, 11) is 0. The minimum absolute atomic E-state index is 0.725. The van der Waals surface area contributed by atoms with Crippen molar-refractivity contribution in [1.82, 2.24) is 0 Å². The van der Waals surface area contributed by atoms with E-state index < -0.39 is 0 Å². The number of hydrogen-bond donors (Lipinski definition) is 1. The van der Waals surface area contributed by atoms with Crippen LogP contribution in [-0.2, 0) is 0 Å². The van der Waals surface area contributed by atoms with Crippen LogP contribution in [0.25, 0.3) is 0 Å². The van der Waals surface area contributed by atoms with E-state index in [1.54, 1.807) is 6.07 Å². The first-order valence-electron chi connectivity index (χ1n) is 4.44. The van der Waals surface area contributed by atoms with Crippen molar-refractivity contribution in [2.75, 3.05) is 11.9 Å². The second-order valence-corrected chi connectivity index (χ2v) is 4.29. The molecule has 1 aromatic carbocycles. The predicted octanol–water partition coefficient (Wildman–Crippen LogP) is 3.82. The molecule has 70 valence electrons. The molecule has 0 bridgehead atoms. The Morgan fingerprint density at radius 3 is 2.77 bits per heavy atom. The van der Waals surface area contributed by atoms with E-state index in [1.165, 1.54) is 12.8 Å². The van der Waals surface area contributed by atoms with Gasteiger partial charge in [-0.05, 0) is 37.0 Å². The quantitative estimate of drug-likeness (QED) is 0.809. The lowest BCUT2D eigenvalue weighted by atomic mass is 10.3.